The van der Waals surface area contributed by atoms with Crippen LogP contribution in [0.25, 0.3) is 0 Å². The van der Waals surface area contributed by atoms with E-state index in [-0.39, 0.29) is 28.0 Å². The average Bonchev–Trinajstić information content (AvgIpc) is 3.18. The van der Waals surface area contributed by atoms with E-state index < -0.39 is 9.84 Å². The Morgan fingerprint density at radius 3 is 2.58 bits per heavy atom. The number of methoxy groups -OCH3 is 1. The lowest BCUT2D eigenvalue weighted by atomic mass is 9.90. The summed E-state index contributed by atoms with van der Waals surface area (Å²) < 4.78 is 37.5. The second-order valence-corrected chi connectivity index (χ2v) is 10.2. The van der Waals surface area contributed by atoms with Crippen molar-refractivity contribution in [1.29, 1.82) is 0 Å². The van der Waals surface area contributed by atoms with Gasteiger partial charge in [-0.1, -0.05) is 17.7 Å². The third-order valence-electron chi connectivity index (χ3n) is 5.06. The Bertz CT molecular complexity index is 1240. The number of fused-ring (bicyclic) bond motifs is 1. The van der Waals surface area contributed by atoms with Gasteiger partial charge in [-0.3, -0.25) is 4.79 Å². The third-order valence-corrected chi connectivity index (χ3v) is 8.35. The largest absolute Gasteiger partial charge is 0.493 e. The van der Waals surface area contributed by atoms with Crippen molar-refractivity contribution in [3.05, 3.63) is 63.3 Å². The lowest BCUT2D eigenvalue weighted by Gasteiger charge is -2.24. The molecule has 3 aromatic rings. The fourth-order valence-corrected chi connectivity index (χ4v) is 6.62. The Labute approximate surface area is 189 Å². The first-order chi connectivity index (χ1) is 14.8. The number of thiophene rings is 1. The number of nitrogens with one attached hydrogen (secondary N) is 1. The molecule has 0 aliphatic carbocycles. The fourth-order valence-electron chi connectivity index (χ4n) is 3.59. The highest BCUT2D eigenvalue weighted by molar-refractivity contribution is 7.91. The summed E-state index contributed by atoms with van der Waals surface area (Å²) in [5, 5.41) is 4.80. The van der Waals surface area contributed by atoms with Crippen LogP contribution in [0.2, 0.25) is 5.02 Å². The van der Waals surface area contributed by atoms with Gasteiger partial charge in [0.2, 0.25) is 15.7 Å². The van der Waals surface area contributed by atoms with E-state index in [9.17, 15) is 13.2 Å². The highest BCUT2D eigenvalue weighted by atomic mass is 35.5. The Hall–Kier alpha value is -2.55. The summed E-state index contributed by atoms with van der Waals surface area (Å²) in [7, 11) is -2.26. The minimum absolute atomic E-state index is 0.0887. The smallest absolute Gasteiger partial charge is 0.225 e. The number of carbonyl (C=O) groups excluding carboxylic acids is 1. The van der Waals surface area contributed by atoms with Gasteiger partial charge in [0.05, 0.1) is 24.3 Å². The molecule has 0 spiro atoms. The van der Waals surface area contributed by atoms with E-state index in [0.717, 1.165) is 10.4 Å². The van der Waals surface area contributed by atoms with Gasteiger partial charge in [-0.05, 0) is 48.9 Å². The van der Waals surface area contributed by atoms with E-state index in [1.54, 1.807) is 12.5 Å². The topological polar surface area (TPSA) is 81.7 Å². The zero-order chi connectivity index (χ0) is 22.2. The van der Waals surface area contributed by atoms with E-state index in [0.29, 0.717) is 28.8 Å². The molecule has 1 aliphatic rings. The first-order valence-corrected chi connectivity index (χ1v) is 12.3. The Morgan fingerprint density at radius 2 is 1.90 bits per heavy atom. The standard InChI is InChI=1S/C22H20ClNO5S2/c1-3-29-17-9-4-13(10-18(17)28-2)16-11-20(25)24-21-19(12-30-22(16)21)31(26,27)15-7-5-14(23)6-8-15/h4-10,12,16H,3,11H2,1-2H3,(H,24,25)/t16-/m1/s1. The van der Waals surface area contributed by atoms with Crippen molar-refractivity contribution < 1.29 is 22.7 Å². The monoisotopic (exact) mass is 477 g/mol. The van der Waals surface area contributed by atoms with Crippen LogP contribution in [-0.4, -0.2) is 28.0 Å². The van der Waals surface area contributed by atoms with Gasteiger partial charge >= 0.3 is 0 Å². The molecule has 1 atom stereocenters. The van der Waals surface area contributed by atoms with Crippen LogP contribution in [-0.2, 0) is 14.6 Å². The molecule has 1 aliphatic heterocycles. The quantitative estimate of drug-likeness (QED) is 0.533. The SMILES string of the molecule is CCOc1ccc([C@H]2CC(=O)Nc3c(S(=O)(=O)c4ccc(Cl)cc4)csc32)cc1OC. The van der Waals surface area contributed by atoms with Crippen LogP contribution >= 0.6 is 22.9 Å². The van der Waals surface area contributed by atoms with Crippen LogP contribution in [0.15, 0.2) is 57.6 Å². The van der Waals surface area contributed by atoms with Gasteiger partial charge in [-0.25, -0.2) is 8.42 Å². The molecule has 0 saturated heterocycles. The highest BCUT2D eigenvalue weighted by Crippen LogP contribution is 2.47. The molecule has 6 nitrogen and oxygen atoms in total. The molecule has 31 heavy (non-hydrogen) atoms. The van der Waals surface area contributed by atoms with Gasteiger partial charge in [0, 0.05) is 27.6 Å². The average molecular weight is 478 g/mol. The van der Waals surface area contributed by atoms with Crippen molar-refractivity contribution >= 4 is 44.4 Å². The van der Waals surface area contributed by atoms with Crippen molar-refractivity contribution in [3.63, 3.8) is 0 Å². The van der Waals surface area contributed by atoms with Crippen molar-refractivity contribution in [2.45, 2.75) is 29.1 Å². The predicted octanol–water partition coefficient (Wildman–Crippen LogP) is 5.12. The number of ether oxygens (including phenoxy) is 2. The molecule has 0 fully saturated rings. The number of rotatable bonds is 6. The molecule has 0 bridgehead atoms. The van der Waals surface area contributed by atoms with Crippen LogP contribution < -0.4 is 14.8 Å². The summed E-state index contributed by atoms with van der Waals surface area (Å²) in [6.45, 7) is 2.39. The summed E-state index contributed by atoms with van der Waals surface area (Å²) in [5.74, 6) is 0.660. The zero-order valence-corrected chi connectivity index (χ0v) is 19.2. The van der Waals surface area contributed by atoms with Crippen molar-refractivity contribution in [2.75, 3.05) is 19.0 Å². The van der Waals surface area contributed by atoms with E-state index in [1.807, 2.05) is 25.1 Å². The normalized spacial score (nSPS) is 15.8. The minimum atomic E-state index is -3.82. The first-order valence-electron chi connectivity index (χ1n) is 9.57. The highest BCUT2D eigenvalue weighted by Gasteiger charge is 2.34. The molecule has 9 heteroatoms. The lowest BCUT2D eigenvalue weighted by Crippen LogP contribution is -2.23. The number of hydrogen-bond acceptors (Lipinski definition) is 6. The van der Waals surface area contributed by atoms with Gasteiger partial charge in [-0.15, -0.1) is 11.3 Å². The molecular weight excluding hydrogens is 458 g/mol. The number of sulfone groups is 1. The van der Waals surface area contributed by atoms with Crippen molar-refractivity contribution in [2.24, 2.45) is 0 Å². The second-order valence-electron chi connectivity index (χ2n) is 6.94. The molecule has 0 unspecified atom stereocenters. The summed E-state index contributed by atoms with van der Waals surface area (Å²) in [6, 6.07) is 11.5. The fraction of sp³-hybridized carbons (Fsp3) is 0.227. The number of anilines is 1. The van der Waals surface area contributed by atoms with E-state index in [1.165, 1.54) is 35.6 Å². The molecule has 1 N–H and O–H groups in total. The van der Waals surface area contributed by atoms with Gasteiger partial charge in [0.1, 0.15) is 4.90 Å². The molecule has 1 amide bonds. The minimum Gasteiger partial charge on any atom is -0.493 e. The molecule has 1 aromatic heterocycles. The number of benzene rings is 2. The van der Waals surface area contributed by atoms with Crippen LogP contribution in [0, 0.1) is 0 Å². The summed E-state index contributed by atoms with van der Waals surface area (Å²) in [6.07, 6.45) is 0.213. The molecular formula is C22H20ClNO5S2. The zero-order valence-electron chi connectivity index (χ0n) is 16.8. The molecule has 162 valence electrons. The van der Waals surface area contributed by atoms with Gasteiger partial charge < -0.3 is 14.8 Å². The van der Waals surface area contributed by atoms with E-state index >= 15 is 0 Å². The maximum absolute atomic E-state index is 13.2. The summed E-state index contributed by atoms with van der Waals surface area (Å²) >= 11 is 7.21. The molecule has 2 heterocycles. The van der Waals surface area contributed by atoms with Crippen molar-refractivity contribution in [3.8, 4) is 11.5 Å². The number of carbonyl (C=O) groups is 1. The van der Waals surface area contributed by atoms with Crippen molar-refractivity contribution in [1.82, 2.24) is 0 Å². The number of amides is 1. The Morgan fingerprint density at radius 1 is 1.16 bits per heavy atom. The second kappa shape index (κ2) is 8.53. The van der Waals surface area contributed by atoms with Gasteiger partial charge in [0.25, 0.3) is 0 Å². The molecule has 2 aromatic carbocycles. The van der Waals surface area contributed by atoms with E-state index in [2.05, 4.69) is 5.32 Å². The maximum atomic E-state index is 13.2. The molecule has 0 saturated carbocycles. The van der Waals surface area contributed by atoms with Gasteiger partial charge in [0.15, 0.2) is 11.5 Å². The van der Waals surface area contributed by atoms with Crippen LogP contribution in [0.3, 0.4) is 0 Å². The third kappa shape index (κ3) is 4.03. The first kappa shape index (κ1) is 21.7. The van der Waals surface area contributed by atoms with Gasteiger partial charge in [-0.2, -0.15) is 0 Å². The molecule has 4 rings (SSSR count). The Kier molecular flexibility index (Phi) is 5.96. The summed E-state index contributed by atoms with van der Waals surface area (Å²) in [4.78, 5) is 13.5. The van der Waals surface area contributed by atoms with Crippen LogP contribution in [0.4, 0.5) is 5.69 Å². The lowest BCUT2D eigenvalue weighted by molar-refractivity contribution is -0.116. The number of halogens is 1. The predicted molar refractivity (Wildman–Crippen MR) is 120 cm³/mol. The summed E-state index contributed by atoms with van der Waals surface area (Å²) in [5.41, 5.74) is 1.20. The van der Waals surface area contributed by atoms with E-state index in [4.69, 9.17) is 21.1 Å². The Balaban J connectivity index is 1.78. The molecule has 0 radical (unpaired) electrons. The maximum Gasteiger partial charge on any atom is 0.225 e. The van der Waals surface area contributed by atoms with Crippen LogP contribution in [0.5, 0.6) is 11.5 Å². The number of hydrogen-bond donors (Lipinski definition) is 1. The van der Waals surface area contributed by atoms with Crippen LogP contribution in [0.1, 0.15) is 29.7 Å².